The number of hydrogen-bond acceptors (Lipinski definition) is 2. The third kappa shape index (κ3) is 17.6. The van der Waals surface area contributed by atoms with Gasteiger partial charge in [0.05, 0.1) is 0 Å². The van der Waals surface area contributed by atoms with Gasteiger partial charge in [0.25, 0.3) is 0 Å². The largest absolute Gasteiger partial charge is 0.370 e. The zero-order valence-corrected chi connectivity index (χ0v) is 16.6. The number of unbranched alkanes of at least 4 members (excludes halogenated alkanes) is 14. The van der Waals surface area contributed by atoms with Crippen molar-refractivity contribution in [3.05, 3.63) is 0 Å². The van der Waals surface area contributed by atoms with Crippen molar-refractivity contribution in [3.8, 4) is 0 Å². The molecule has 0 aliphatic rings. The van der Waals surface area contributed by atoms with Crippen LogP contribution in [0.15, 0.2) is 0 Å². The summed E-state index contributed by atoms with van der Waals surface area (Å²) in [7, 11) is 0. The second-order valence-corrected chi connectivity index (χ2v) is 7.51. The molecule has 0 aromatic rings. The molecule has 0 aromatic carbocycles. The van der Waals surface area contributed by atoms with Gasteiger partial charge >= 0.3 is 0 Å². The van der Waals surface area contributed by atoms with E-state index in [1.165, 1.54) is 83.5 Å². The molecule has 2 amide bonds. The molecule has 1 unspecified atom stereocenters. The van der Waals surface area contributed by atoms with Gasteiger partial charge in [-0.25, -0.2) is 0 Å². The maximum absolute atomic E-state index is 11.2. The van der Waals surface area contributed by atoms with Gasteiger partial charge in [0.2, 0.25) is 11.8 Å². The minimum absolute atomic E-state index is 0.0912. The molecule has 148 valence electrons. The minimum Gasteiger partial charge on any atom is -0.370 e. The summed E-state index contributed by atoms with van der Waals surface area (Å²) in [6.07, 6.45) is 20.6. The van der Waals surface area contributed by atoms with E-state index in [4.69, 9.17) is 11.5 Å². The van der Waals surface area contributed by atoms with Crippen LogP contribution in [-0.4, -0.2) is 11.8 Å². The molecule has 0 saturated carbocycles. The number of primary amides is 2. The molecule has 0 bridgehead atoms. The van der Waals surface area contributed by atoms with E-state index in [2.05, 4.69) is 6.92 Å². The number of nitrogens with two attached hydrogens (primary N) is 2. The van der Waals surface area contributed by atoms with Crippen LogP contribution in [0.4, 0.5) is 0 Å². The van der Waals surface area contributed by atoms with Crippen molar-refractivity contribution in [1.29, 1.82) is 0 Å². The summed E-state index contributed by atoms with van der Waals surface area (Å²) in [6, 6.07) is 0. The molecule has 0 aliphatic heterocycles. The average molecular weight is 355 g/mol. The fourth-order valence-electron chi connectivity index (χ4n) is 3.35. The van der Waals surface area contributed by atoms with E-state index in [0.717, 1.165) is 12.8 Å². The number of amides is 2. The van der Waals surface area contributed by atoms with Gasteiger partial charge in [0, 0.05) is 12.3 Å². The second kappa shape index (κ2) is 17.8. The number of hydrogen-bond donors (Lipinski definition) is 2. The van der Waals surface area contributed by atoms with Crippen molar-refractivity contribution in [2.75, 3.05) is 0 Å². The van der Waals surface area contributed by atoms with Crippen LogP contribution in [0.25, 0.3) is 0 Å². The number of carbonyl (C=O) groups excluding carboxylic acids is 2. The fourth-order valence-corrected chi connectivity index (χ4v) is 3.35. The molecule has 0 fully saturated rings. The lowest BCUT2D eigenvalue weighted by molar-refractivity contribution is -0.127. The van der Waals surface area contributed by atoms with Crippen molar-refractivity contribution in [1.82, 2.24) is 0 Å². The summed E-state index contributed by atoms with van der Waals surface area (Å²) in [6.45, 7) is 2.27. The second-order valence-electron chi connectivity index (χ2n) is 7.51. The molecule has 0 heterocycles. The molecule has 0 aromatic heterocycles. The summed E-state index contributed by atoms with van der Waals surface area (Å²) in [5.41, 5.74) is 10.4. The van der Waals surface area contributed by atoms with E-state index in [1.54, 1.807) is 0 Å². The zero-order valence-electron chi connectivity index (χ0n) is 16.6. The Kier molecular flexibility index (Phi) is 17.0. The lowest BCUT2D eigenvalue weighted by Crippen LogP contribution is -2.28. The van der Waals surface area contributed by atoms with Crippen LogP contribution in [0, 0.1) is 5.92 Å². The Morgan fingerprint density at radius 2 is 1.00 bits per heavy atom. The van der Waals surface area contributed by atoms with Gasteiger partial charge in [-0.05, 0) is 6.42 Å². The smallest absolute Gasteiger partial charge is 0.221 e. The quantitative estimate of drug-likeness (QED) is 0.311. The van der Waals surface area contributed by atoms with Crippen LogP contribution in [0.5, 0.6) is 0 Å². The van der Waals surface area contributed by atoms with Crippen molar-refractivity contribution < 1.29 is 9.59 Å². The fraction of sp³-hybridized carbons (Fsp3) is 0.905. The third-order valence-electron chi connectivity index (χ3n) is 5.01. The molecule has 0 rings (SSSR count). The molecule has 0 radical (unpaired) electrons. The van der Waals surface area contributed by atoms with E-state index in [-0.39, 0.29) is 12.3 Å². The van der Waals surface area contributed by atoms with E-state index in [1.807, 2.05) is 0 Å². The molecule has 0 saturated heterocycles. The van der Waals surface area contributed by atoms with Crippen molar-refractivity contribution in [2.45, 2.75) is 116 Å². The highest BCUT2D eigenvalue weighted by molar-refractivity contribution is 5.83. The molecule has 4 heteroatoms. The van der Waals surface area contributed by atoms with Crippen LogP contribution in [0.3, 0.4) is 0 Å². The lowest BCUT2D eigenvalue weighted by atomic mass is 9.96. The Hall–Kier alpha value is -1.06. The maximum atomic E-state index is 11.2. The van der Waals surface area contributed by atoms with Gasteiger partial charge in [0.15, 0.2) is 0 Å². The summed E-state index contributed by atoms with van der Waals surface area (Å²) in [5, 5.41) is 0. The summed E-state index contributed by atoms with van der Waals surface area (Å²) in [5.74, 6) is -1.21. The molecular weight excluding hydrogens is 312 g/mol. The summed E-state index contributed by atoms with van der Waals surface area (Å²) in [4.78, 5) is 22.1. The van der Waals surface area contributed by atoms with E-state index < -0.39 is 11.8 Å². The number of rotatable bonds is 19. The molecule has 1 atom stereocenters. The predicted molar refractivity (Wildman–Crippen MR) is 106 cm³/mol. The molecular formula is C21H42N2O2. The van der Waals surface area contributed by atoms with E-state index in [9.17, 15) is 9.59 Å². The van der Waals surface area contributed by atoms with Gasteiger partial charge in [-0.3, -0.25) is 9.59 Å². The summed E-state index contributed by atoms with van der Waals surface area (Å²) >= 11 is 0. The highest BCUT2D eigenvalue weighted by Crippen LogP contribution is 2.16. The van der Waals surface area contributed by atoms with Crippen LogP contribution in [0.2, 0.25) is 0 Å². The highest BCUT2D eigenvalue weighted by atomic mass is 16.2. The number of carbonyl (C=O) groups is 2. The van der Waals surface area contributed by atoms with Crippen molar-refractivity contribution in [3.63, 3.8) is 0 Å². The monoisotopic (exact) mass is 354 g/mol. The van der Waals surface area contributed by atoms with Gasteiger partial charge in [-0.1, -0.05) is 103 Å². The summed E-state index contributed by atoms with van der Waals surface area (Å²) < 4.78 is 0. The van der Waals surface area contributed by atoms with Crippen LogP contribution >= 0.6 is 0 Å². The Morgan fingerprint density at radius 3 is 1.32 bits per heavy atom. The Bertz CT molecular complexity index is 332. The lowest BCUT2D eigenvalue weighted by Gasteiger charge is -2.10. The van der Waals surface area contributed by atoms with Crippen molar-refractivity contribution in [2.24, 2.45) is 17.4 Å². The van der Waals surface area contributed by atoms with E-state index >= 15 is 0 Å². The third-order valence-corrected chi connectivity index (χ3v) is 5.01. The average Bonchev–Trinajstić information content (AvgIpc) is 2.56. The van der Waals surface area contributed by atoms with Gasteiger partial charge in [0.1, 0.15) is 0 Å². The van der Waals surface area contributed by atoms with Gasteiger partial charge < -0.3 is 11.5 Å². The topological polar surface area (TPSA) is 86.2 Å². The van der Waals surface area contributed by atoms with Crippen LogP contribution < -0.4 is 11.5 Å². The molecule has 0 spiro atoms. The molecule has 4 N–H and O–H groups in total. The highest BCUT2D eigenvalue weighted by Gasteiger charge is 2.17. The van der Waals surface area contributed by atoms with Gasteiger partial charge in [-0.2, -0.15) is 0 Å². The van der Waals surface area contributed by atoms with Crippen LogP contribution in [-0.2, 0) is 9.59 Å². The Balaban J connectivity index is 3.28. The normalized spacial score (nSPS) is 12.2. The predicted octanol–water partition coefficient (Wildman–Crippen LogP) is 5.22. The molecule has 25 heavy (non-hydrogen) atoms. The van der Waals surface area contributed by atoms with Gasteiger partial charge in [-0.15, -0.1) is 0 Å². The Labute approximate surface area is 155 Å². The standard InChI is InChI=1S/C21H42N2O2/c1-2-3-4-5-6-7-8-9-10-11-12-13-14-15-16-17-19(21(23)25)18-20(22)24/h19H,2-18H2,1H3,(H2,22,24)(H2,23,25). The molecule has 0 aliphatic carbocycles. The van der Waals surface area contributed by atoms with Crippen LogP contribution in [0.1, 0.15) is 116 Å². The first-order valence-corrected chi connectivity index (χ1v) is 10.7. The first kappa shape index (κ1) is 23.9. The van der Waals surface area contributed by atoms with E-state index in [0.29, 0.717) is 6.42 Å². The SMILES string of the molecule is CCCCCCCCCCCCCCCCCC(CC(N)=O)C(N)=O. The Morgan fingerprint density at radius 1 is 0.640 bits per heavy atom. The maximum Gasteiger partial charge on any atom is 0.221 e. The first-order valence-electron chi connectivity index (χ1n) is 10.7. The first-order chi connectivity index (χ1) is 12.1. The minimum atomic E-state index is -0.440. The van der Waals surface area contributed by atoms with Crippen molar-refractivity contribution >= 4 is 11.8 Å². The zero-order chi connectivity index (χ0) is 18.8. The molecule has 4 nitrogen and oxygen atoms in total.